The Morgan fingerprint density at radius 2 is 1.89 bits per heavy atom. The first kappa shape index (κ1) is 25.6. The van der Waals surface area contributed by atoms with Crippen molar-refractivity contribution in [1.29, 1.82) is 0 Å². The number of hydrogen-bond acceptors (Lipinski definition) is 7. The number of nitrogens with one attached hydrogen (secondary N) is 3. The third kappa shape index (κ3) is 5.92. The van der Waals surface area contributed by atoms with Crippen LogP contribution in [0.2, 0.25) is 0 Å². The number of benzene rings is 1. The molecule has 0 unspecified atom stereocenters. The van der Waals surface area contributed by atoms with Crippen molar-refractivity contribution in [3.8, 4) is 10.4 Å². The number of thiophene rings is 1. The van der Waals surface area contributed by atoms with E-state index < -0.39 is 0 Å². The predicted molar refractivity (Wildman–Crippen MR) is 147 cm³/mol. The molecule has 4 heterocycles. The first-order chi connectivity index (χ1) is 17.9. The molecule has 3 amide bonds. The van der Waals surface area contributed by atoms with E-state index in [2.05, 4.69) is 33.1 Å². The molecule has 10 heteroatoms. The number of aromatic nitrogens is 1. The van der Waals surface area contributed by atoms with E-state index >= 15 is 0 Å². The van der Waals surface area contributed by atoms with E-state index in [9.17, 15) is 14.4 Å². The Hall–Kier alpha value is -3.08. The Balaban J connectivity index is 1.12. The summed E-state index contributed by atoms with van der Waals surface area (Å²) in [5.74, 6) is 0.224. The molecule has 1 aromatic carbocycles. The number of hydrogen-bond donors (Lipinski definition) is 3. The largest absolute Gasteiger partial charge is 0.352 e. The van der Waals surface area contributed by atoms with Gasteiger partial charge in [-0.1, -0.05) is 38.1 Å². The molecule has 2 aliphatic rings. The van der Waals surface area contributed by atoms with Crippen molar-refractivity contribution < 1.29 is 14.4 Å². The smallest absolute Gasteiger partial charge is 0.264 e. The summed E-state index contributed by atoms with van der Waals surface area (Å²) in [5.41, 5.74) is 2.15. The minimum absolute atomic E-state index is 0.00216. The van der Waals surface area contributed by atoms with Crippen molar-refractivity contribution in [3.63, 3.8) is 0 Å². The molecule has 0 spiro atoms. The second-order valence-electron chi connectivity index (χ2n) is 9.84. The zero-order chi connectivity index (χ0) is 25.9. The number of nitrogens with zero attached hydrogens (tertiary/aromatic N) is 2. The fraction of sp³-hybridized carbons (Fsp3) is 0.407. The molecule has 5 rings (SSSR count). The predicted octanol–water partition coefficient (Wildman–Crippen LogP) is 4.07. The lowest BCUT2D eigenvalue weighted by atomic mass is 10.0. The molecule has 2 aromatic heterocycles. The van der Waals surface area contributed by atoms with Gasteiger partial charge in [0.1, 0.15) is 0 Å². The lowest BCUT2D eigenvalue weighted by Gasteiger charge is -2.37. The summed E-state index contributed by atoms with van der Waals surface area (Å²) >= 11 is 2.99. The van der Waals surface area contributed by atoms with E-state index in [1.807, 2.05) is 37.1 Å². The Morgan fingerprint density at radius 1 is 1.11 bits per heavy atom. The summed E-state index contributed by atoms with van der Waals surface area (Å²) in [7, 11) is 0. The van der Waals surface area contributed by atoms with Crippen molar-refractivity contribution in [2.45, 2.75) is 45.2 Å². The van der Waals surface area contributed by atoms with Crippen LogP contribution in [0.1, 0.15) is 52.8 Å². The maximum atomic E-state index is 12.9. The normalized spacial score (nSPS) is 17.6. The average Bonchev–Trinajstić information content (AvgIpc) is 3.64. The standard InChI is InChI=1S/C27H31N5O3S2/c1-16(2)24(33)29-12-17-5-7-18(8-6-17)22-13-30-26(37-22)19-14-32(15-19)27(35)21-9-10-23(36-21)31-25(34)20-4-3-11-28-20/h5-10,13,16,19-20,28H,3-4,11-12,14-15H2,1-2H3,(H,29,33)(H,31,34)/t20-/m0/s1. The first-order valence-corrected chi connectivity index (χ1v) is 14.3. The average molecular weight is 538 g/mol. The SMILES string of the molecule is CC(C)C(=O)NCc1ccc(-c2cnc(C3CN(C(=O)c4ccc(NC(=O)[C@@H]5CCCN5)s4)C3)s2)cc1. The molecular weight excluding hydrogens is 506 g/mol. The van der Waals surface area contributed by atoms with Crippen molar-refractivity contribution in [2.24, 2.45) is 5.92 Å². The van der Waals surface area contributed by atoms with Gasteiger partial charge < -0.3 is 20.9 Å². The maximum Gasteiger partial charge on any atom is 0.264 e. The highest BCUT2D eigenvalue weighted by Crippen LogP contribution is 2.36. The molecule has 37 heavy (non-hydrogen) atoms. The highest BCUT2D eigenvalue weighted by Gasteiger charge is 2.35. The van der Waals surface area contributed by atoms with Crippen LogP contribution in [0.15, 0.2) is 42.6 Å². The van der Waals surface area contributed by atoms with Crippen LogP contribution >= 0.6 is 22.7 Å². The van der Waals surface area contributed by atoms with Crippen LogP contribution in [0.25, 0.3) is 10.4 Å². The zero-order valence-electron chi connectivity index (χ0n) is 21.0. The second kappa shape index (κ2) is 11.1. The van der Waals surface area contributed by atoms with Crippen LogP contribution in [0.3, 0.4) is 0 Å². The summed E-state index contributed by atoms with van der Waals surface area (Å²) in [5, 5.41) is 10.8. The second-order valence-corrected chi connectivity index (χ2v) is 12.0. The van der Waals surface area contributed by atoms with Gasteiger partial charge in [-0.05, 0) is 42.6 Å². The molecule has 0 radical (unpaired) electrons. The molecule has 2 fully saturated rings. The Labute approximate surface area is 224 Å². The summed E-state index contributed by atoms with van der Waals surface area (Å²) in [4.78, 5) is 45.2. The molecule has 0 bridgehead atoms. The van der Waals surface area contributed by atoms with Gasteiger partial charge in [0.05, 0.1) is 25.8 Å². The van der Waals surface area contributed by atoms with E-state index in [1.165, 1.54) is 11.3 Å². The van der Waals surface area contributed by atoms with Crippen molar-refractivity contribution >= 4 is 45.4 Å². The number of likely N-dealkylation sites (tertiary alicyclic amines) is 1. The van der Waals surface area contributed by atoms with Gasteiger partial charge in [-0.3, -0.25) is 14.4 Å². The molecule has 1 atom stereocenters. The molecular formula is C27H31N5O3S2. The van der Waals surface area contributed by atoms with E-state index in [-0.39, 0.29) is 35.6 Å². The van der Waals surface area contributed by atoms with E-state index in [1.54, 1.807) is 23.5 Å². The molecule has 2 saturated heterocycles. The van der Waals surface area contributed by atoms with Crippen LogP contribution < -0.4 is 16.0 Å². The quantitative estimate of drug-likeness (QED) is 0.402. The van der Waals surface area contributed by atoms with Crippen LogP contribution in [0.5, 0.6) is 0 Å². The number of rotatable bonds is 8. The fourth-order valence-electron chi connectivity index (χ4n) is 4.38. The van der Waals surface area contributed by atoms with Crippen molar-refractivity contribution in [3.05, 3.63) is 58.0 Å². The van der Waals surface area contributed by atoms with Gasteiger partial charge in [0.15, 0.2) is 0 Å². The van der Waals surface area contributed by atoms with Gasteiger partial charge in [-0.15, -0.1) is 22.7 Å². The minimum Gasteiger partial charge on any atom is -0.352 e. The monoisotopic (exact) mass is 537 g/mol. The Morgan fingerprint density at radius 3 is 2.59 bits per heavy atom. The van der Waals surface area contributed by atoms with Crippen LogP contribution in [0.4, 0.5) is 5.00 Å². The lowest BCUT2D eigenvalue weighted by molar-refractivity contribution is -0.124. The van der Waals surface area contributed by atoms with E-state index in [0.29, 0.717) is 29.5 Å². The lowest BCUT2D eigenvalue weighted by Crippen LogP contribution is -2.48. The molecule has 3 N–H and O–H groups in total. The molecule has 194 valence electrons. The highest BCUT2D eigenvalue weighted by molar-refractivity contribution is 7.18. The third-order valence-corrected chi connectivity index (χ3v) is 8.91. The molecule has 0 saturated carbocycles. The summed E-state index contributed by atoms with van der Waals surface area (Å²) in [6.45, 7) is 6.44. The molecule has 0 aliphatic carbocycles. The third-order valence-electron chi connectivity index (χ3n) is 6.71. The zero-order valence-corrected chi connectivity index (χ0v) is 22.6. The van der Waals surface area contributed by atoms with E-state index in [0.717, 1.165) is 40.4 Å². The van der Waals surface area contributed by atoms with Crippen molar-refractivity contribution in [1.82, 2.24) is 20.5 Å². The van der Waals surface area contributed by atoms with Crippen LogP contribution in [0, 0.1) is 5.92 Å². The molecule has 2 aliphatic heterocycles. The first-order valence-electron chi connectivity index (χ1n) is 12.6. The van der Waals surface area contributed by atoms with Gasteiger partial charge in [-0.2, -0.15) is 0 Å². The number of carbonyl (C=O) groups is 3. The Bertz CT molecular complexity index is 1270. The van der Waals surface area contributed by atoms with Crippen molar-refractivity contribution in [2.75, 3.05) is 25.0 Å². The maximum absolute atomic E-state index is 12.9. The fourth-order valence-corrected chi connectivity index (χ4v) is 6.27. The van der Waals surface area contributed by atoms with Crippen LogP contribution in [-0.2, 0) is 16.1 Å². The van der Waals surface area contributed by atoms with E-state index in [4.69, 9.17) is 0 Å². The number of carbonyl (C=O) groups excluding carboxylic acids is 3. The number of thiazole rings is 1. The molecule has 8 nitrogen and oxygen atoms in total. The minimum atomic E-state index is -0.143. The number of anilines is 1. The summed E-state index contributed by atoms with van der Waals surface area (Å²) < 4.78 is 0. The Kier molecular flexibility index (Phi) is 7.68. The van der Waals surface area contributed by atoms with Gasteiger partial charge in [0.25, 0.3) is 5.91 Å². The van der Waals surface area contributed by atoms with Gasteiger partial charge >= 0.3 is 0 Å². The summed E-state index contributed by atoms with van der Waals surface area (Å²) in [6.07, 6.45) is 3.75. The summed E-state index contributed by atoms with van der Waals surface area (Å²) in [6, 6.07) is 11.6. The van der Waals surface area contributed by atoms with Gasteiger partial charge in [0.2, 0.25) is 11.8 Å². The molecule has 3 aromatic rings. The van der Waals surface area contributed by atoms with Crippen LogP contribution in [-0.4, -0.2) is 53.3 Å². The highest BCUT2D eigenvalue weighted by atomic mass is 32.1. The number of amides is 3. The topological polar surface area (TPSA) is 103 Å². The van der Waals surface area contributed by atoms with Gasteiger partial charge in [0, 0.05) is 37.7 Å². The van der Waals surface area contributed by atoms with Gasteiger partial charge in [-0.25, -0.2) is 4.98 Å².